The Morgan fingerprint density at radius 2 is 2.06 bits per heavy atom. The van der Waals surface area contributed by atoms with E-state index in [4.69, 9.17) is 21.3 Å². The highest BCUT2D eigenvalue weighted by Crippen LogP contribution is 2.49. The number of fused-ring (bicyclic) bond motifs is 4. The second kappa shape index (κ2) is 11.6. The minimum Gasteiger partial charge on any atom is -0.475 e. The van der Waals surface area contributed by atoms with Gasteiger partial charge < -0.3 is 9.64 Å². The van der Waals surface area contributed by atoms with E-state index < -0.39 is 17.5 Å². The number of nitrogens with zero attached hydrogens (tertiary/aromatic N) is 4. The van der Waals surface area contributed by atoms with E-state index in [0.29, 0.717) is 36.0 Å². The molecule has 3 aliphatic heterocycles. The number of allylic oxidation sites excluding steroid dienone is 1. The number of hydrogen-bond donors (Lipinski definition) is 0. The number of rotatable bonds is 7. The van der Waals surface area contributed by atoms with Gasteiger partial charge in [0.15, 0.2) is 5.78 Å². The molecule has 4 aliphatic rings. The summed E-state index contributed by atoms with van der Waals surface area (Å²) < 4.78 is 35.7. The number of carbonyl (C=O) groups is 1. The lowest BCUT2D eigenvalue weighted by Crippen LogP contribution is -2.62. The molecule has 0 bridgehead atoms. The Morgan fingerprint density at radius 3 is 2.89 bits per heavy atom. The zero-order valence-electron chi connectivity index (χ0n) is 26.0. The van der Waals surface area contributed by atoms with Gasteiger partial charge in [0.2, 0.25) is 5.88 Å². The third-order valence-electron chi connectivity index (χ3n) is 11.2. The van der Waals surface area contributed by atoms with Gasteiger partial charge in [-0.2, -0.15) is 5.26 Å². The summed E-state index contributed by atoms with van der Waals surface area (Å²) >= 11 is 6.51. The van der Waals surface area contributed by atoms with Gasteiger partial charge in [0.25, 0.3) is 0 Å². The fraction of sp³-hybridized carbons (Fsp3) is 0.395. The first kappa shape index (κ1) is 30.3. The van der Waals surface area contributed by atoms with Crippen molar-refractivity contribution in [1.82, 2.24) is 9.88 Å². The molecule has 9 heteroatoms. The zero-order valence-corrected chi connectivity index (χ0v) is 26.8. The lowest BCUT2D eigenvalue weighted by Gasteiger charge is -2.55. The van der Waals surface area contributed by atoms with Crippen LogP contribution in [-0.4, -0.2) is 59.7 Å². The van der Waals surface area contributed by atoms with Crippen LogP contribution in [0.25, 0.3) is 32.8 Å². The number of ketones is 1. The first-order valence-corrected chi connectivity index (χ1v) is 16.9. The Kier molecular flexibility index (Phi) is 7.46. The van der Waals surface area contributed by atoms with Crippen LogP contribution in [0, 0.1) is 29.0 Å². The molecule has 240 valence electrons. The summed E-state index contributed by atoms with van der Waals surface area (Å²) in [6, 6.07) is 17.2. The van der Waals surface area contributed by atoms with Gasteiger partial charge in [0, 0.05) is 48.2 Å². The minimum absolute atomic E-state index is 0.0614. The first-order chi connectivity index (χ1) is 22.8. The Hall–Kier alpha value is -4.06. The van der Waals surface area contributed by atoms with E-state index in [-0.39, 0.29) is 41.2 Å². The average Bonchev–Trinajstić information content (AvgIpc) is 3.60. The highest BCUT2D eigenvalue weighted by molar-refractivity contribution is 6.37. The molecule has 8 rings (SSSR count). The quantitative estimate of drug-likeness (QED) is 0.188. The van der Waals surface area contributed by atoms with Crippen molar-refractivity contribution in [2.45, 2.75) is 56.3 Å². The predicted molar refractivity (Wildman–Crippen MR) is 180 cm³/mol. The largest absolute Gasteiger partial charge is 0.475 e. The molecule has 5 atom stereocenters. The smallest absolute Gasteiger partial charge is 0.234 e. The molecule has 1 aliphatic carbocycles. The lowest BCUT2D eigenvalue weighted by molar-refractivity contribution is -0.122. The van der Waals surface area contributed by atoms with Gasteiger partial charge in [0.1, 0.15) is 30.2 Å². The fourth-order valence-electron chi connectivity index (χ4n) is 8.96. The number of halogens is 3. The summed E-state index contributed by atoms with van der Waals surface area (Å²) in [6.07, 6.45) is 5.46. The van der Waals surface area contributed by atoms with Gasteiger partial charge in [-0.1, -0.05) is 61.0 Å². The van der Waals surface area contributed by atoms with Crippen LogP contribution in [0.5, 0.6) is 5.88 Å². The van der Waals surface area contributed by atoms with Crippen LogP contribution < -0.4 is 9.64 Å². The molecule has 4 heterocycles. The van der Waals surface area contributed by atoms with Crippen molar-refractivity contribution in [3.8, 4) is 23.1 Å². The molecular weight excluding hydrogens is 618 g/mol. The second-order valence-electron chi connectivity index (χ2n) is 13.6. The first-order valence-electron chi connectivity index (χ1n) is 16.5. The number of pyridine rings is 1. The molecule has 0 amide bonds. The Bertz CT molecular complexity index is 1990. The topological polar surface area (TPSA) is 69.5 Å². The molecule has 0 radical (unpaired) electrons. The van der Waals surface area contributed by atoms with Gasteiger partial charge in [-0.15, -0.1) is 0 Å². The molecule has 6 nitrogen and oxygen atoms in total. The van der Waals surface area contributed by atoms with E-state index in [1.165, 1.54) is 12.1 Å². The van der Waals surface area contributed by atoms with Crippen LogP contribution >= 0.6 is 11.6 Å². The fourth-order valence-corrected chi connectivity index (χ4v) is 9.24. The SMILES string of the molecule is C=CC(=O)C1CCC[C@@H]2[C@H]1CN2c1c(C#N)c(OC[C@@]23CCCN2C[C@H](F)C3)nc2cc(-c3cccc4ccc(F)c(Cl)c34)ccc12. The third kappa shape index (κ3) is 4.81. The van der Waals surface area contributed by atoms with Crippen molar-refractivity contribution in [3.05, 3.63) is 77.6 Å². The van der Waals surface area contributed by atoms with Gasteiger partial charge in [0.05, 0.1) is 21.8 Å². The lowest BCUT2D eigenvalue weighted by atomic mass is 9.67. The van der Waals surface area contributed by atoms with Crippen molar-refractivity contribution < 1.29 is 18.3 Å². The molecule has 1 saturated carbocycles. The Balaban J connectivity index is 1.26. The molecule has 1 aromatic heterocycles. The number of benzene rings is 3. The second-order valence-corrected chi connectivity index (χ2v) is 14.0. The zero-order chi connectivity index (χ0) is 32.4. The van der Waals surface area contributed by atoms with Crippen LogP contribution in [0.4, 0.5) is 14.5 Å². The summed E-state index contributed by atoms with van der Waals surface area (Å²) in [4.78, 5) is 22.1. The number of ether oxygens (including phenoxy) is 1. The molecule has 0 spiro atoms. The number of alkyl halides is 1. The minimum atomic E-state index is -0.898. The maximum Gasteiger partial charge on any atom is 0.234 e. The van der Waals surface area contributed by atoms with Crippen molar-refractivity contribution in [1.29, 1.82) is 5.26 Å². The van der Waals surface area contributed by atoms with Gasteiger partial charge in [-0.3, -0.25) is 9.69 Å². The summed E-state index contributed by atoms with van der Waals surface area (Å²) in [5, 5.41) is 12.9. The number of carbonyl (C=O) groups excluding carboxylic acids is 1. The maximum atomic E-state index is 14.6. The van der Waals surface area contributed by atoms with Crippen molar-refractivity contribution in [3.63, 3.8) is 0 Å². The van der Waals surface area contributed by atoms with Crippen LogP contribution in [0.2, 0.25) is 5.02 Å². The van der Waals surface area contributed by atoms with Crippen molar-refractivity contribution in [2.24, 2.45) is 11.8 Å². The number of nitriles is 1. The van der Waals surface area contributed by atoms with Gasteiger partial charge in [-0.25, -0.2) is 13.8 Å². The Labute approximate surface area is 277 Å². The third-order valence-corrected chi connectivity index (χ3v) is 11.6. The molecule has 4 fully saturated rings. The average molecular weight is 653 g/mol. The summed E-state index contributed by atoms with van der Waals surface area (Å²) in [5.41, 5.74) is 2.91. The highest BCUT2D eigenvalue weighted by atomic mass is 35.5. The van der Waals surface area contributed by atoms with Crippen LogP contribution in [0.1, 0.15) is 44.1 Å². The van der Waals surface area contributed by atoms with E-state index in [0.717, 1.165) is 66.2 Å². The van der Waals surface area contributed by atoms with E-state index in [1.54, 1.807) is 6.07 Å². The highest BCUT2D eigenvalue weighted by Gasteiger charge is 2.50. The van der Waals surface area contributed by atoms with Crippen molar-refractivity contribution >= 4 is 44.7 Å². The molecule has 3 saturated heterocycles. The Morgan fingerprint density at radius 1 is 1.19 bits per heavy atom. The van der Waals surface area contributed by atoms with Crippen molar-refractivity contribution in [2.75, 3.05) is 31.1 Å². The van der Waals surface area contributed by atoms with Gasteiger partial charge in [-0.05, 0) is 66.9 Å². The number of anilines is 1. The van der Waals surface area contributed by atoms with Gasteiger partial charge >= 0.3 is 0 Å². The van der Waals surface area contributed by atoms with Crippen LogP contribution in [-0.2, 0) is 4.79 Å². The maximum absolute atomic E-state index is 14.6. The molecular formula is C38H35ClF2N4O2. The molecule has 47 heavy (non-hydrogen) atoms. The van der Waals surface area contributed by atoms with Crippen LogP contribution in [0.15, 0.2) is 61.2 Å². The number of hydrogen-bond acceptors (Lipinski definition) is 6. The molecule has 3 aromatic carbocycles. The summed E-state index contributed by atoms with van der Waals surface area (Å²) in [6.45, 7) is 5.87. The van der Waals surface area contributed by atoms with E-state index in [9.17, 15) is 18.8 Å². The van der Waals surface area contributed by atoms with E-state index in [2.05, 4.69) is 22.4 Å². The molecule has 0 N–H and O–H groups in total. The summed E-state index contributed by atoms with van der Waals surface area (Å²) in [5.74, 6) is -0.0512. The number of aromatic nitrogens is 1. The monoisotopic (exact) mass is 652 g/mol. The standard InChI is InChI=1S/C38H35ClF2N4O2/c1-2-33(46)26-8-4-9-32-29(26)20-45(32)36-27-12-10-23(25-7-3-6-22-11-13-30(41)35(39)34(22)25)16-31(27)43-37(28(36)18-42)47-21-38-14-5-15-44(38)19-24(40)17-38/h2-3,6-7,10-13,16,24,26,29,32H,1,4-5,8-9,14-15,17,19-21H2/t24-,26?,29+,32-,38+/m1/s1. The molecule has 1 unspecified atom stereocenters. The van der Waals surface area contributed by atoms with E-state index >= 15 is 0 Å². The summed E-state index contributed by atoms with van der Waals surface area (Å²) in [7, 11) is 0. The van der Waals surface area contributed by atoms with Crippen LogP contribution in [0.3, 0.4) is 0 Å². The van der Waals surface area contributed by atoms with E-state index in [1.807, 2.05) is 36.4 Å². The predicted octanol–water partition coefficient (Wildman–Crippen LogP) is 8.03. The molecule has 4 aromatic rings. The normalized spacial score (nSPS) is 26.9.